The van der Waals surface area contributed by atoms with Gasteiger partial charge in [-0.3, -0.25) is 4.79 Å². The minimum Gasteiger partial charge on any atom is -0.618 e. The molecule has 1 aromatic heterocycles. The lowest BCUT2D eigenvalue weighted by atomic mass is 10.0. The van der Waals surface area contributed by atoms with Crippen molar-refractivity contribution in [2.75, 3.05) is 12.4 Å². The van der Waals surface area contributed by atoms with Gasteiger partial charge in [0.05, 0.1) is 12.7 Å². The summed E-state index contributed by atoms with van der Waals surface area (Å²) in [5.74, 6) is -1.02. The number of hydrogen-bond acceptors (Lipinski definition) is 4. The van der Waals surface area contributed by atoms with Gasteiger partial charge in [0.1, 0.15) is 0 Å². The third-order valence-electron chi connectivity index (χ3n) is 3.39. The van der Waals surface area contributed by atoms with Gasteiger partial charge in [0.25, 0.3) is 5.69 Å². The molecule has 0 radical (unpaired) electrons. The number of aryl methyl sites for hydroxylation is 1. The van der Waals surface area contributed by atoms with E-state index < -0.39 is 11.9 Å². The number of anilines is 1. The Balaban J connectivity index is 2.34. The molecule has 0 aliphatic carbocycles. The maximum Gasteiger partial charge on any atom is 0.338 e. The van der Waals surface area contributed by atoms with Gasteiger partial charge in [-0.1, -0.05) is 0 Å². The summed E-state index contributed by atoms with van der Waals surface area (Å²) in [6.45, 7) is 3.63. The first-order valence-electron chi connectivity index (χ1n) is 6.63. The molecule has 6 heteroatoms. The third kappa shape index (κ3) is 3.06. The Morgan fingerprint density at radius 2 is 1.95 bits per heavy atom. The number of rotatable bonds is 3. The van der Waals surface area contributed by atoms with Gasteiger partial charge < -0.3 is 15.3 Å². The Hall–Kier alpha value is -2.89. The molecule has 1 amide bonds. The van der Waals surface area contributed by atoms with E-state index in [0.717, 1.165) is 11.1 Å². The second-order valence-electron chi connectivity index (χ2n) is 4.82. The Labute approximate surface area is 127 Å². The highest BCUT2D eigenvalue weighted by Crippen LogP contribution is 2.21. The van der Waals surface area contributed by atoms with Crippen molar-refractivity contribution in [1.29, 1.82) is 0 Å². The summed E-state index contributed by atoms with van der Waals surface area (Å²) in [5, 5.41) is 14.2. The molecule has 6 nitrogen and oxygen atoms in total. The summed E-state index contributed by atoms with van der Waals surface area (Å²) in [4.78, 5) is 23.9. The van der Waals surface area contributed by atoms with Crippen molar-refractivity contribution in [3.8, 4) is 0 Å². The van der Waals surface area contributed by atoms with Crippen LogP contribution in [-0.4, -0.2) is 19.0 Å². The molecule has 2 rings (SSSR count). The molecule has 1 N–H and O–H groups in total. The molecule has 1 aromatic carbocycles. The molecular formula is C16H16N2O4. The highest BCUT2D eigenvalue weighted by molar-refractivity contribution is 6.03. The Bertz CT molecular complexity index is 741. The van der Waals surface area contributed by atoms with Crippen molar-refractivity contribution < 1.29 is 19.1 Å². The van der Waals surface area contributed by atoms with Crippen LogP contribution in [0.15, 0.2) is 36.5 Å². The summed E-state index contributed by atoms with van der Waals surface area (Å²) in [5.41, 5.74) is 2.39. The lowest BCUT2D eigenvalue weighted by Gasteiger charge is -2.11. The summed E-state index contributed by atoms with van der Waals surface area (Å²) < 4.78 is 5.21. The predicted molar refractivity (Wildman–Crippen MR) is 80.6 cm³/mol. The maximum absolute atomic E-state index is 12.1. The molecule has 0 unspecified atom stereocenters. The van der Waals surface area contributed by atoms with Crippen molar-refractivity contribution in [2.24, 2.45) is 0 Å². The van der Waals surface area contributed by atoms with E-state index in [2.05, 4.69) is 5.32 Å². The molecule has 2 aromatic rings. The summed E-state index contributed by atoms with van der Waals surface area (Å²) in [7, 11) is 1.30. The van der Waals surface area contributed by atoms with E-state index in [-0.39, 0.29) is 5.69 Å². The fraction of sp³-hybridized carbons (Fsp3) is 0.188. The van der Waals surface area contributed by atoms with E-state index >= 15 is 0 Å². The second kappa shape index (κ2) is 6.26. The van der Waals surface area contributed by atoms with Gasteiger partial charge in [0.15, 0.2) is 6.20 Å². The predicted octanol–water partition coefficient (Wildman–Crippen LogP) is 1.98. The van der Waals surface area contributed by atoms with E-state index in [9.17, 15) is 14.8 Å². The van der Waals surface area contributed by atoms with Crippen LogP contribution in [0.2, 0.25) is 0 Å². The Morgan fingerprint density at radius 1 is 1.23 bits per heavy atom. The highest BCUT2D eigenvalue weighted by Gasteiger charge is 2.18. The van der Waals surface area contributed by atoms with Crippen LogP contribution in [0.4, 0.5) is 5.69 Å². The van der Waals surface area contributed by atoms with Crippen LogP contribution < -0.4 is 10.0 Å². The number of aromatic nitrogens is 1. The van der Waals surface area contributed by atoms with Gasteiger partial charge >= 0.3 is 11.9 Å². The average Bonchev–Trinajstić information content (AvgIpc) is 2.50. The van der Waals surface area contributed by atoms with Crippen LogP contribution in [0.3, 0.4) is 0 Å². The van der Waals surface area contributed by atoms with Crippen molar-refractivity contribution in [1.82, 2.24) is 0 Å². The lowest BCUT2D eigenvalue weighted by Crippen LogP contribution is -2.36. The van der Waals surface area contributed by atoms with E-state index in [1.807, 2.05) is 6.92 Å². The zero-order valence-corrected chi connectivity index (χ0v) is 12.5. The molecule has 114 valence electrons. The number of ether oxygens (including phenoxy) is 1. The topological polar surface area (TPSA) is 82.3 Å². The summed E-state index contributed by atoms with van der Waals surface area (Å²) in [6.07, 6.45) is 1.25. The maximum atomic E-state index is 12.1. The van der Waals surface area contributed by atoms with Gasteiger partial charge in [-0.2, -0.15) is 4.73 Å². The van der Waals surface area contributed by atoms with Crippen molar-refractivity contribution in [3.63, 3.8) is 0 Å². The van der Waals surface area contributed by atoms with Gasteiger partial charge in [0.2, 0.25) is 0 Å². The van der Waals surface area contributed by atoms with E-state index in [0.29, 0.717) is 16.0 Å². The quantitative estimate of drug-likeness (QED) is 0.534. The molecule has 0 aliphatic rings. The number of nitrogens with zero attached hydrogens (tertiary/aromatic N) is 1. The number of esters is 1. The van der Waals surface area contributed by atoms with Gasteiger partial charge in [-0.05, 0) is 43.2 Å². The zero-order chi connectivity index (χ0) is 16.3. The number of carbonyl (C=O) groups is 2. The van der Waals surface area contributed by atoms with E-state index in [4.69, 9.17) is 4.74 Å². The van der Waals surface area contributed by atoms with Crippen LogP contribution in [0, 0.1) is 19.1 Å². The first-order chi connectivity index (χ1) is 10.4. The molecule has 0 spiro atoms. The third-order valence-corrected chi connectivity index (χ3v) is 3.39. The molecular weight excluding hydrogens is 284 g/mol. The number of amides is 1. The van der Waals surface area contributed by atoms with Gasteiger partial charge in [0, 0.05) is 17.8 Å². The van der Waals surface area contributed by atoms with Crippen LogP contribution in [0.1, 0.15) is 32.0 Å². The Morgan fingerprint density at radius 3 is 2.59 bits per heavy atom. The van der Waals surface area contributed by atoms with Crippen molar-refractivity contribution >= 4 is 17.6 Å². The number of pyridine rings is 1. The largest absolute Gasteiger partial charge is 0.618 e. The zero-order valence-electron chi connectivity index (χ0n) is 12.5. The van der Waals surface area contributed by atoms with Crippen LogP contribution in [-0.2, 0) is 4.74 Å². The fourth-order valence-electron chi connectivity index (χ4n) is 2.05. The van der Waals surface area contributed by atoms with E-state index in [1.54, 1.807) is 19.1 Å². The monoisotopic (exact) mass is 300 g/mol. The smallest absolute Gasteiger partial charge is 0.338 e. The number of hydrogen-bond donors (Lipinski definition) is 1. The Kier molecular flexibility index (Phi) is 4.41. The first kappa shape index (κ1) is 15.5. The minimum absolute atomic E-state index is 0.0275. The molecule has 0 bridgehead atoms. The minimum atomic E-state index is -0.547. The molecule has 22 heavy (non-hydrogen) atoms. The van der Waals surface area contributed by atoms with Crippen LogP contribution >= 0.6 is 0 Å². The molecule has 1 heterocycles. The van der Waals surface area contributed by atoms with Crippen LogP contribution in [0.25, 0.3) is 0 Å². The normalized spacial score (nSPS) is 10.1. The number of nitrogens with one attached hydrogen (secondary N) is 1. The molecule has 0 saturated carbocycles. The second-order valence-corrected chi connectivity index (χ2v) is 4.82. The standard InChI is InChI=1S/C16H16N2O4/c1-10-8-12(9-13(11(10)2)16(20)22-3)17-15(19)14-6-4-5-7-18(14)21/h4-9H,1-3H3,(H,17,19). The SMILES string of the molecule is COC(=O)c1cc(NC(=O)c2cccc[n+]2[O-])cc(C)c1C. The molecule has 0 fully saturated rings. The fourth-order valence-corrected chi connectivity index (χ4v) is 2.05. The summed E-state index contributed by atoms with van der Waals surface area (Å²) in [6, 6.07) is 7.82. The molecule has 0 saturated heterocycles. The number of carbonyl (C=O) groups excluding carboxylic acids is 2. The number of benzene rings is 1. The number of methoxy groups -OCH3 is 1. The molecule has 0 aliphatic heterocycles. The van der Waals surface area contributed by atoms with Crippen molar-refractivity contribution in [3.05, 3.63) is 64.1 Å². The van der Waals surface area contributed by atoms with Crippen LogP contribution in [0.5, 0.6) is 0 Å². The summed E-state index contributed by atoms with van der Waals surface area (Å²) >= 11 is 0. The van der Waals surface area contributed by atoms with Gasteiger partial charge in [-0.25, -0.2) is 4.79 Å². The van der Waals surface area contributed by atoms with E-state index in [1.165, 1.54) is 31.5 Å². The first-order valence-corrected chi connectivity index (χ1v) is 6.63. The molecule has 0 atom stereocenters. The lowest BCUT2D eigenvalue weighted by molar-refractivity contribution is -0.607. The van der Waals surface area contributed by atoms with Crippen molar-refractivity contribution in [2.45, 2.75) is 13.8 Å². The highest BCUT2D eigenvalue weighted by atomic mass is 16.5. The van der Waals surface area contributed by atoms with Gasteiger partial charge in [-0.15, -0.1) is 0 Å². The average molecular weight is 300 g/mol.